The maximum absolute atomic E-state index is 5.72. The summed E-state index contributed by atoms with van der Waals surface area (Å²) >= 11 is 0. The Labute approximate surface area is 73.7 Å². The summed E-state index contributed by atoms with van der Waals surface area (Å²) in [6.45, 7) is 4.05. The van der Waals surface area contributed by atoms with E-state index in [9.17, 15) is 0 Å². The largest absolute Gasteiger partial charge is 0.357 e. The van der Waals surface area contributed by atoms with Crippen LogP contribution >= 0.6 is 0 Å². The number of aryl methyl sites for hydroxylation is 1. The van der Waals surface area contributed by atoms with Gasteiger partial charge in [0.25, 0.3) is 0 Å². The van der Waals surface area contributed by atoms with Crippen LogP contribution in [0, 0.1) is 0 Å². The van der Waals surface area contributed by atoms with Gasteiger partial charge in [0.1, 0.15) is 0 Å². The van der Waals surface area contributed by atoms with Gasteiger partial charge in [-0.3, -0.25) is 0 Å². The molecule has 66 valence electrons. The molecule has 0 saturated heterocycles. The lowest BCUT2D eigenvalue weighted by molar-refractivity contribution is 0.867. The molecule has 1 aromatic rings. The minimum absolute atomic E-state index is 0.144. The van der Waals surface area contributed by atoms with Crippen molar-refractivity contribution < 1.29 is 0 Å². The Morgan fingerprint density at radius 3 is 2.75 bits per heavy atom. The summed E-state index contributed by atoms with van der Waals surface area (Å²) in [6.07, 6.45) is 6.22. The summed E-state index contributed by atoms with van der Waals surface area (Å²) in [5.41, 5.74) is 8.14. The van der Waals surface area contributed by atoms with Gasteiger partial charge in [-0.25, -0.2) is 0 Å². The highest BCUT2D eigenvalue weighted by molar-refractivity contribution is 5.52. The third kappa shape index (κ3) is 2.24. The zero-order chi connectivity index (χ0) is 9.14. The fourth-order valence-electron chi connectivity index (χ4n) is 1.00. The second-order valence-corrected chi connectivity index (χ2v) is 3.29. The zero-order valence-electron chi connectivity index (χ0n) is 7.91. The second-order valence-electron chi connectivity index (χ2n) is 3.29. The van der Waals surface area contributed by atoms with E-state index in [1.54, 1.807) is 0 Å². The maximum atomic E-state index is 5.72. The van der Waals surface area contributed by atoms with E-state index in [-0.39, 0.29) is 6.04 Å². The van der Waals surface area contributed by atoms with Gasteiger partial charge in [-0.2, -0.15) is 0 Å². The van der Waals surface area contributed by atoms with Crippen LogP contribution in [0.2, 0.25) is 0 Å². The van der Waals surface area contributed by atoms with Crippen LogP contribution in [0.1, 0.15) is 19.4 Å². The van der Waals surface area contributed by atoms with E-state index >= 15 is 0 Å². The van der Waals surface area contributed by atoms with E-state index in [1.807, 2.05) is 24.7 Å². The molecule has 0 radical (unpaired) electrons. The van der Waals surface area contributed by atoms with Gasteiger partial charge in [0, 0.05) is 25.5 Å². The van der Waals surface area contributed by atoms with Crippen LogP contribution in [0.3, 0.4) is 0 Å². The van der Waals surface area contributed by atoms with Gasteiger partial charge in [-0.1, -0.05) is 11.6 Å². The maximum Gasteiger partial charge on any atom is 0.0225 e. The van der Waals surface area contributed by atoms with Crippen molar-refractivity contribution in [3.05, 3.63) is 29.6 Å². The summed E-state index contributed by atoms with van der Waals surface area (Å²) in [6, 6.07) is 2.22. The third-order valence-corrected chi connectivity index (χ3v) is 1.97. The molecule has 0 saturated carbocycles. The molecule has 0 aliphatic heterocycles. The number of hydrogen-bond donors (Lipinski definition) is 1. The molecule has 12 heavy (non-hydrogen) atoms. The molecule has 0 bridgehead atoms. The SMILES string of the molecule is C/C(=C\c1ccn(C)c1)C(C)N. The first-order valence-electron chi connectivity index (χ1n) is 4.15. The van der Waals surface area contributed by atoms with Crippen LogP contribution in [0.15, 0.2) is 24.0 Å². The predicted octanol–water partition coefficient (Wildman–Crippen LogP) is 1.78. The molecule has 1 unspecified atom stereocenters. The molecule has 1 aromatic heterocycles. The molecule has 0 aromatic carbocycles. The molecule has 2 heteroatoms. The minimum atomic E-state index is 0.144. The smallest absolute Gasteiger partial charge is 0.0225 e. The summed E-state index contributed by atoms with van der Waals surface area (Å²) in [5, 5.41) is 0. The van der Waals surface area contributed by atoms with E-state index in [2.05, 4.69) is 25.3 Å². The van der Waals surface area contributed by atoms with Crippen molar-refractivity contribution in [1.82, 2.24) is 4.57 Å². The Morgan fingerprint density at radius 1 is 1.67 bits per heavy atom. The molecule has 1 heterocycles. The fraction of sp³-hybridized carbons (Fsp3) is 0.400. The van der Waals surface area contributed by atoms with Gasteiger partial charge in [0.2, 0.25) is 0 Å². The monoisotopic (exact) mass is 164 g/mol. The minimum Gasteiger partial charge on any atom is -0.357 e. The average Bonchev–Trinajstić information content (AvgIpc) is 2.35. The van der Waals surface area contributed by atoms with Gasteiger partial charge in [0.15, 0.2) is 0 Å². The van der Waals surface area contributed by atoms with Crippen molar-refractivity contribution in [3.63, 3.8) is 0 Å². The highest BCUT2D eigenvalue weighted by Gasteiger charge is 1.96. The first-order chi connectivity index (χ1) is 5.59. The van der Waals surface area contributed by atoms with E-state index < -0.39 is 0 Å². The number of nitrogens with zero attached hydrogens (tertiary/aromatic N) is 1. The summed E-state index contributed by atoms with van der Waals surface area (Å²) in [5.74, 6) is 0. The Bertz CT molecular complexity index is 282. The van der Waals surface area contributed by atoms with Gasteiger partial charge in [-0.15, -0.1) is 0 Å². The zero-order valence-corrected chi connectivity index (χ0v) is 7.91. The standard InChI is InChI=1S/C10H16N2/c1-8(9(2)11)6-10-4-5-12(3)7-10/h4-7,9H,11H2,1-3H3/b8-6+. The highest BCUT2D eigenvalue weighted by Crippen LogP contribution is 2.08. The molecular formula is C10H16N2. The highest BCUT2D eigenvalue weighted by atomic mass is 14.9. The number of hydrogen-bond acceptors (Lipinski definition) is 1. The van der Waals surface area contributed by atoms with Crippen LogP contribution < -0.4 is 5.73 Å². The van der Waals surface area contributed by atoms with Crippen LogP contribution in [0.4, 0.5) is 0 Å². The third-order valence-electron chi connectivity index (χ3n) is 1.97. The van der Waals surface area contributed by atoms with Crippen molar-refractivity contribution >= 4 is 6.08 Å². The second kappa shape index (κ2) is 3.59. The molecule has 0 aliphatic carbocycles. The Kier molecular flexibility index (Phi) is 2.71. The molecule has 0 spiro atoms. The van der Waals surface area contributed by atoms with Crippen LogP contribution in [-0.4, -0.2) is 10.6 Å². The van der Waals surface area contributed by atoms with Crippen molar-refractivity contribution in [2.24, 2.45) is 12.8 Å². The Hall–Kier alpha value is -1.02. The summed E-state index contributed by atoms with van der Waals surface area (Å²) in [7, 11) is 2.01. The molecule has 0 fully saturated rings. The van der Waals surface area contributed by atoms with Gasteiger partial charge in [0.05, 0.1) is 0 Å². The molecule has 0 aliphatic rings. The van der Waals surface area contributed by atoms with Crippen LogP contribution in [0.25, 0.3) is 6.08 Å². The quantitative estimate of drug-likeness (QED) is 0.709. The van der Waals surface area contributed by atoms with Gasteiger partial charge >= 0.3 is 0 Å². The topological polar surface area (TPSA) is 30.9 Å². The van der Waals surface area contributed by atoms with E-state index in [0.717, 1.165) is 0 Å². The molecular weight excluding hydrogens is 148 g/mol. The molecule has 2 nitrogen and oxygen atoms in total. The summed E-state index contributed by atoms with van der Waals surface area (Å²) < 4.78 is 2.03. The average molecular weight is 164 g/mol. The van der Waals surface area contributed by atoms with E-state index in [1.165, 1.54) is 11.1 Å². The van der Waals surface area contributed by atoms with Crippen molar-refractivity contribution in [1.29, 1.82) is 0 Å². The van der Waals surface area contributed by atoms with Crippen molar-refractivity contribution in [2.75, 3.05) is 0 Å². The van der Waals surface area contributed by atoms with Crippen molar-refractivity contribution in [2.45, 2.75) is 19.9 Å². The molecule has 1 atom stereocenters. The number of nitrogens with two attached hydrogens (primary N) is 1. The molecule has 2 N–H and O–H groups in total. The van der Waals surface area contributed by atoms with Crippen LogP contribution in [0.5, 0.6) is 0 Å². The van der Waals surface area contributed by atoms with Crippen molar-refractivity contribution in [3.8, 4) is 0 Å². The Balaban J connectivity index is 2.80. The normalized spacial score (nSPS) is 14.8. The lowest BCUT2D eigenvalue weighted by Gasteiger charge is -2.03. The first-order valence-corrected chi connectivity index (χ1v) is 4.15. The van der Waals surface area contributed by atoms with Crippen LogP contribution in [-0.2, 0) is 7.05 Å². The molecule has 0 amide bonds. The molecule has 1 rings (SSSR count). The summed E-state index contributed by atoms with van der Waals surface area (Å²) in [4.78, 5) is 0. The van der Waals surface area contributed by atoms with E-state index in [0.29, 0.717) is 0 Å². The fourth-order valence-corrected chi connectivity index (χ4v) is 1.00. The lowest BCUT2D eigenvalue weighted by atomic mass is 10.1. The predicted molar refractivity (Wildman–Crippen MR) is 52.7 cm³/mol. The number of rotatable bonds is 2. The lowest BCUT2D eigenvalue weighted by Crippen LogP contribution is -2.15. The Morgan fingerprint density at radius 2 is 2.33 bits per heavy atom. The van der Waals surface area contributed by atoms with Gasteiger partial charge in [-0.05, 0) is 25.5 Å². The van der Waals surface area contributed by atoms with Gasteiger partial charge < -0.3 is 10.3 Å². The first kappa shape index (κ1) is 9.07. The number of aromatic nitrogens is 1. The van der Waals surface area contributed by atoms with E-state index in [4.69, 9.17) is 5.73 Å².